The summed E-state index contributed by atoms with van der Waals surface area (Å²) in [5.41, 5.74) is 2.88. The first-order chi connectivity index (χ1) is 8.68. The molecule has 1 N–H and O–H groups in total. The zero-order chi connectivity index (χ0) is 13.0. The fourth-order valence-corrected chi connectivity index (χ4v) is 1.96. The predicted molar refractivity (Wildman–Crippen MR) is 69.5 cm³/mol. The number of carboxylic acid groups (broad SMARTS) is 1. The number of hydrogen-bond acceptors (Lipinski definition) is 2. The third kappa shape index (κ3) is 2.74. The number of pyridine rings is 1. The summed E-state index contributed by atoms with van der Waals surface area (Å²) < 4.78 is 0. The van der Waals surface area contributed by atoms with E-state index >= 15 is 0 Å². The van der Waals surface area contributed by atoms with E-state index in [1.54, 1.807) is 12.4 Å². The zero-order valence-electron chi connectivity index (χ0n) is 10.2. The van der Waals surface area contributed by atoms with Crippen molar-refractivity contribution in [2.45, 2.75) is 19.3 Å². The molecule has 1 unspecified atom stereocenters. The van der Waals surface area contributed by atoms with Crippen molar-refractivity contribution in [3.8, 4) is 0 Å². The highest BCUT2D eigenvalue weighted by molar-refractivity contribution is 5.76. The van der Waals surface area contributed by atoms with Gasteiger partial charge >= 0.3 is 5.97 Å². The second-order valence-electron chi connectivity index (χ2n) is 4.31. The first-order valence-corrected chi connectivity index (χ1v) is 5.85. The molecule has 92 valence electrons. The van der Waals surface area contributed by atoms with Crippen LogP contribution >= 0.6 is 0 Å². The minimum Gasteiger partial charge on any atom is -0.481 e. The van der Waals surface area contributed by atoms with Crippen molar-refractivity contribution in [2.75, 3.05) is 0 Å². The van der Waals surface area contributed by atoms with E-state index in [1.165, 1.54) is 0 Å². The Kier molecular flexibility index (Phi) is 3.72. The number of aryl methyl sites for hydroxylation is 1. The minimum absolute atomic E-state index is 0.471. The van der Waals surface area contributed by atoms with Crippen LogP contribution in [0.4, 0.5) is 0 Å². The lowest BCUT2D eigenvalue weighted by atomic mass is 9.91. The van der Waals surface area contributed by atoms with Gasteiger partial charge in [-0.3, -0.25) is 9.78 Å². The maximum Gasteiger partial charge on any atom is 0.311 e. The van der Waals surface area contributed by atoms with E-state index in [-0.39, 0.29) is 0 Å². The average molecular weight is 241 g/mol. The third-order valence-electron chi connectivity index (χ3n) is 3.07. The molecule has 3 heteroatoms. The van der Waals surface area contributed by atoms with Crippen LogP contribution in [-0.2, 0) is 11.2 Å². The molecule has 1 atom stereocenters. The lowest BCUT2D eigenvalue weighted by Gasteiger charge is -2.13. The van der Waals surface area contributed by atoms with Gasteiger partial charge in [0.05, 0.1) is 5.92 Å². The zero-order valence-corrected chi connectivity index (χ0v) is 10.2. The van der Waals surface area contributed by atoms with Crippen LogP contribution in [0, 0.1) is 6.92 Å². The van der Waals surface area contributed by atoms with E-state index < -0.39 is 11.9 Å². The highest BCUT2D eigenvalue weighted by Gasteiger charge is 2.20. The molecule has 0 aliphatic heterocycles. The second kappa shape index (κ2) is 5.45. The first kappa shape index (κ1) is 12.3. The predicted octanol–water partition coefficient (Wildman–Crippen LogP) is 2.80. The summed E-state index contributed by atoms with van der Waals surface area (Å²) in [6.45, 7) is 1.97. The van der Waals surface area contributed by atoms with Crippen LogP contribution in [0.15, 0.2) is 48.8 Å². The number of aromatic nitrogens is 1. The number of carbonyl (C=O) groups is 1. The Morgan fingerprint density at radius 2 is 2.00 bits per heavy atom. The molecule has 0 fully saturated rings. The molecule has 0 radical (unpaired) electrons. The first-order valence-electron chi connectivity index (χ1n) is 5.85. The maximum atomic E-state index is 11.4. The number of aliphatic carboxylic acids is 1. The molecular formula is C15H15NO2. The van der Waals surface area contributed by atoms with Gasteiger partial charge in [-0.25, -0.2) is 0 Å². The van der Waals surface area contributed by atoms with Gasteiger partial charge in [-0.05, 0) is 36.1 Å². The molecule has 3 nitrogen and oxygen atoms in total. The van der Waals surface area contributed by atoms with Gasteiger partial charge in [0.25, 0.3) is 0 Å². The molecule has 0 aliphatic rings. The van der Waals surface area contributed by atoms with Crippen LogP contribution in [0.5, 0.6) is 0 Å². The third-order valence-corrected chi connectivity index (χ3v) is 3.07. The Bertz CT molecular complexity index is 537. The summed E-state index contributed by atoms with van der Waals surface area (Å²) in [5.74, 6) is -1.32. The monoisotopic (exact) mass is 241 g/mol. The Hall–Kier alpha value is -2.16. The highest BCUT2D eigenvalue weighted by atomic mass is 16.4. The van der Waals surface area contributed by atoms with E-state index in [0.29, 0.717) is 6.42 Å². The smallest absolute Gasteiger partial charge is 0.311 e. The van der Waals surface area contributed by atoms with E-state index in [0.717, 1.165) is 16.7 Å². The number of benzene rings is 1. The largest absolute Gasteiger partial charge is 0.481 e. The Balaban J connectivity index is 2.28. The summed E-state index contributed by atoms with van der Waals surface area (Å²) >= 11 is 0. The normalized spacial score (nSPS) is 12.1. The van der Waals surface area contributed by atoms with Gasteiger partial charge in [-0.1, -0.05) is 30.3 Å². The van der Waals surface area contributed by atoms with Gasteiger partial charge in [0.15, 0.2) is 0 Å². The average Bonchev–Trinajstić information content (AvgIpc) is 2.38. The molecule has 0 saturated carbocycles. The molecule has 0 bridgehead atoms. The van der Waals surface area contributed by atoms with Gasteiger partial charge in [0.1, 0.15) is 0 Å². The summed E-state index contributed by atoms with van der Waals surface area (Å²) in [6.07, 6.45) is 3.93. The fraction of sp³-hybridized carbons (Fsp3) is 0.200. The summed E-state index contributed by atoms with van der Waals surface area (Å²) in [4.78, 5) is 15.5. The van der Waals surface area contributed by atoms with Crippen molar-refractivity contribution in [2.24, 2.45) is 0 Å². The van der Waals surface area contributed by atoms with Crippen LogP contribution < -0.4 is 0 Å². The molecule has 0 saturated heterocycles. The fourth-order valence-electron chi connectivity index (χ4n) is 1.96. The molecule has 1 aromatic carbocycles. The summed E-state index contributed by atoms with van der Waals surface area (Å²) in [7, 11) is 0. The van der Waals surface area contributed by atoms with Crippen molar-refractivity contribution < 1.29 is 9.90 Å². The lowest BCUT2D eigenvalue weighted by molar-refractivity contribution is -0.138. The Morgan fingerprint density at radius 3 is 2.61 bits per heavy atom. The molecule has 0 aliphatic carbocycles. The molecule has 1 heterocycles. The number of nitrogens with zero attached hydrogens (tertiary/aromatic N) is 1. The highest BCUT2D eigenvalue weighted by Crippen LogP contribution is 2.22. The van der Waals surface area contributed by atoms with Crippen molar-refractivity contribution in [3.63, 3.8) is 0 Å². The van der Waals surface area contributed by atoms with Gasteiger partial charge in [0.2, 0.25) is 0 Å². The molecule has 2 rings (SSSR count). The van der Waals surface area contributed by atoms with Crippen LogP contribution in [0.3, 0.4) is 0 Å². The quantitative estimate of drug-likeness (QED) is 0.895. The van der Waals surface area contributed by atoms with E-state index in [9.17, 15) is 9.90 Å². The van der Waals surface area contributed by atoms with Crippen LogP contribution in [0.25, 0.3) is 0 Å². The minimum atomic E-state index is -0.801. The summed E-state index contributed by atoms with van der Waals surface area (Å²) in [5, 5.41) is 9.36. The topological polar surface area (TPSA) is 50.2 Å². The molecular weight excluding hydrogens is 226 g/mol. The van der Waals surface area contributed by atoms with Gasteiger partial charge < -0.3 is 5.11 Å². The Morgan fingerprint density at radius 1 is 1.28 bits per heavy atom. The molecule has 0 amide bonds. The number of carboxylic acids is 1. The lowest BCUT2D eigenvalue weighted by Crippen LogP contribution is -2.15. The van der Waals surface area contributed by atoms with Crippen LogP contribution in [-0.4, -0.2) is 16.1 Å². The second-order valence-corrected chi connectivity index (χ2v) is 4.31. The standard InChI is InChI=1S/C15H15NO2/c1-11-7-8-16-10-13(11)9-14(15(17)18)12-5-3-2-4-6-12/h2-8,10,14H,9H2,1H3,(H,17,18). The van der Waals surface area contributed by atoms with Gasteiger partial charge in [-0.15, -0.1) is 0 Å². The molecule has 18 heavy (non-hydrogen) atoms. The number of rotatable bonds is 4. The SMILES string of the molecule is Cc1ccncc1CC(C(=O)O)c1ccccc1. The van der Waals surface area contributed by atoms with E-state index in [2.05, 4.69) is 4.98 Å². The summed E-state index contributed by atoms with van der Waals surface area (Å²) in [6, 6.07) is 11.2. The van der Waals surface area contributed by atoms with E-state index in [4.69, 9.17) is 0 Å². The van der Waals surface area contributed by atoms with E-state index in [1.807, 2.05) is 43.3 Å². The molecule has 2 aromatic rings. The van der Waals surface area contributed by atoms with Crippen LogP contribution in [0.2, 0.25) is 0 Å². The number of hydrogen-bond donors (Lipinski definition) is 1. The van der Waals surface area contributed by atoms with Crippen LogP contribution in [0.1, 0.15) is 22.6 Å². The maximum absolute atomic E-state index is 11.4. The van der Waals surface area contributed by atoms with Crippen molar-refractivity contribution in [1.82, 2.24) is 4.98 Å². The Labute approximate surface area is 106 Å². The van der Waals surface area contributed by atoms with Gasteiger partial charge in [0, 0.05) is 12.4 Å². The van der Waals surface area contributed by atoms with Gasteiger partial charge in [-0.2, -0.15) is 0 Å². The molecule has 0 spiro atoms. The van der Waals surface area contributed by atoms with Crippen molar-refractivity contribution in [3.05, 3.63) is 65.5 Å². The van der Waals surface area contributed by atoms with Crippen molar-refractivity contribution in [1.29, 1.82) is 0 Å². The van der Waals surface area contributed by atoms with Crippen molar-refractivity contribution >= 4 is 5.97 Å². The molecule has 1 aromatic heterocycles.